The molecule has 2 heterocycles. The van der Waals surface area contributed by atoms with Gasteiger partial charge >= 0.3 is 0 Å². The first-order valence-electron chi connectivity index (χ1n) is 6.35. The average molecular weight is 235 g/mol. The van der Waals surface area contributed by atoms with Gasteiger partial charge in [0.1, 0.15) is 5.82 Å². The summed E-state index contributed by atoms with van der Waals surface area (Å²) in [5.41, 5.74) is 6.32. The van der Waals surface area contributed by atoms with Gasteiger partial charge in [0.15, 0.2) is 0 Å². The van der Waals surface area contributed by atoms with Gasteiger partial charge < -0.3 is 15.7 Å². The van der Waals surface area contributed by atoms with E-state index in [0.29, 0.717) is 11.6 Å². The second-order valence-corrected chi connectivity index (χ2v) is 4.80. The molecule has 0 saturated carbocycles. The molecule has 2 rings (SSSR count). The molecule has 3 N–H and O–H groups in total. The van der Waals surface area contributed by atoms with Crippen molar-refractivity contribution in [1.29, 1.82) is 0 Å². The summed E-state index contributed by atoms with van der Waals surface area (Å²) in [6.07, 6.45) is 4.56. The van der Waals surface area contributed by atoms with Gasteiger partial charge in [-0.05, 0) is 25.0 Å². The first-order chi connectivity index (χ1) is 8.20. The van der Waals surface area contributed by atoms with Crippen molar-refractivity contribution >= 4 is 11.5 Å². The Morgan fingerprint density at radius 3 is 3.00 bits per heavy atom. The van der Waals surface area contributed by atoms with Crippen LogP contribution in [-0.2, 0) is 0 Å². The number of nitrogens with two attached hydrogens (primary N) is 1. The average Bonchev–Trinajstić information content (AvgIpc) is 2.33. The Labute approximate surface area is 102 Å². The van der Waals surface area contributed by atoms with Gasteiger partial charge in [-0.1, -0.05) is 13.3 Å². The fourth-order valence-corrected chi connectivity index (χ4v) is 2.47. The second kappa shape index (κ2) is 5.36. The second-order valence-electron chi connectivity index (χ2n) is 4.80. The highest BCUT2D eigenvalue weighted by Gasteiger charge is 2.27. The molecule has 0 unspecified atom stereocenters. The largest absolute Gasteiger partial charge is 0.397 e. The minimum absolute atomic E-state index is 0.153. The van der Waals surface area contributed by atoms with Crippen LogP contribution >= 0.6 is 0 Å². The van der Waals surface area contributed by atoms with Crippen molar-refractivity contribution in [2.45, 2.75) is 32.3 Å². The van der Waals surface area contributed by atoms with Crippen LogP contribution in [0.5, 0.6) is 0 Å². The van der Waals surface area contributed by atoms with E-state index in [-0.39, 0.29) is 6.10 Å². The topological polar surface area (TPSA) is 62.4 Å². The summed E-state index contributed by atoms with van der Waals surface area (Å²) < 4.78 is 0. The fraction of sp³-hybridized carbons (Fsp3) is 0.615. The lowest BCUT2D eigenvalue weighted by molar-refractivity contribution is 0.0828. The van der Waals surface area contributed by atoms with Crippen molar-refractivity contribution in [3.8, 4) is 0 Å². The first kappa shape index (κ1) is 12.2. The maximum atomic E-state index is 9.94. The molecule has 0 aromatic carbocycles. The molecule has 1 fully saturated rings. The SMILES string of the molecule is CCC[C@@H]1CN(c2ccc(N)cn2)CC[C@H]1O. The molecule has 2 atom stereocenters. The van der Waals surface area contributed by atoms with Crippen LogP contribution in [0, 0.1) is 5.92 Å². The highest BCUT2D eigenvalue weighted by atomic mass is 16.3. The Morgan fingerprint density at radius 1 is 1.53 bits per heavy atom. The zero-order valence-corrected chi connectivity index (χ0v) is 10.3. The third kappa shape index (κ3) is 2.88. The Hall–Kier alpha value is -1.29. The predicted octanol–water partition coefficient (Wildman–Crippen LogP) is 1.65. The van der Waals surface area contributed by atoms with Crippen molar-refractivity contribution < 1.29 is 5.11 Å². The maximum Gasteiger partial charge on any atom is 0.128 e. The van der Waals surface area contributed by atoms with Gasteiger partial charge in [-0.2, -0.15) is 0 Å². The number of hydrogen-bond acceptors (Lipinski definition) is 4. The van der Waals surface area contributed by atoms with Gasteiger partial charge in [0.25, 0.3) is 0 Å². The molecule has 1 saturated heterocycles. The lowest BCUT2D eigenvalue weighted by Crippen LogP contribution is -2.43. The molecule has 1 aromatic heterocycles. The van der Waals surface area contributed by atoms with E-state index in [9.17, 15) is 5.11 Å². The van der Waals surface area contributed by atoms with Crippen molar-refractivity contribution in [3.05, 3.63) is 18.3 Å². The van der Waals surface area contributed by atoms with Crippen LogP contribution in [0.3, 0.4) is 0 Å². The van der Waals surface area contributed by atoms with Gasteiger partial charge in [-0.15, -0.1) is 0 Å². The summed E-state index contributed by atoms with van der Waals surface area (Å²) in [6.45, 7) is 3.93. The van der Waals surface area contributed by atoms with Crippen molar-refractivity contribution in [3.63, 3.8) is 0 Å². The number of hydrogen-bond donors (Lipinski definition) is 2. The van der Waals surface area contributed by atoms with Gasteiger partial charge in [-0.3, -0.25) is 0 Å². The van der Waals surface area contributed by atoms with Crippen molar-refractivity contribution in [2.24, 2.45) is 5.92 Å². The number of aliphatic hydroxyl groups is 1. The molecular weight excluding hydrogens is 214 g/mol. The summed E-state index contributed by atoms with van der Waals surface area (Å²) >= 11 is 0. The zero-order valence-electron chi connectivity index (χ0n) is 10.3. The molecule has 1 aromatic rings. The van der Waals surface area contributed by atoms with Crippen molar-refractivity contribution in [2.75, 3.05) is 23.7 Å². The summed E-state index contributed by atoms with van der Waals surface area (Å²) in [5, 5.41) is 9.94. The van der Waals surface area contributed by atoms with Gasteiger partial charge in [0.05, 0.1) is 18.0 Å². The Balaban J connectivity index is 2.04. The molecule has 4 nitrogen and oxygen atoms in total. The zero-order chi connectivity index (χ0) is 12.3. The van der Waals surface area contributed by atoms with Gasteiger partial charge in [0, 0.05) is 19.0 Å². The van der Waals surface area contributed by atoms with E-state index in [1.165, 1.54) is 0 Å². The molecule has 0 bridgehead atoms. The number of nitrogen functional groups attached to an aromatic ring is 1. The summed E-state index contributed by atoms with van der Waals surface area (Å²) in [6, 6.07) is 3.83. The van der Waals surface area contributed by atoms with Gasteiger partial charge in [-0.25, -0.2) is 4.98 Å². The number of anilines is 2. The Morgan fingerprint density at radius 2 is 2.35 bits per heavy atom. The van der Waals surface area contributed by atoms with E-state index in [1.807, 2.05) is 12.1 Å². The minimum atomic E-state index is -0.153. The Kier molecular flexibility index (Phi) is 3.84. The van der Waals surface area contributed by atoms with Crippen LogP contribution in [-0.4, -0.2) is 29.3 Å². The van der Waals surface area contributed by atoms with Gasteiger partial charge in [0.2, 0.25) is 0 Å². The quantitative estimate of drug-likeness (QED) is 0.836. The van der Waals surface area contributed by atoms with Crippen LogP contribution in [0.15, 0.2) is 18.3 Å². The number of rotatable bonds is 3. The summed E-state index contributed by atoms with van der Waals surface area (Å²) in [7, 11) is 0. The van der Waals surface area contributed by atoms with Crippen LogP contribution < -0.4 is 10.6 Å². The van der Waals surface area contributed by atoms with E-state index < -0.39 is 0 Å². The first-order valence-corrected chi connectivity index (χ1v) is 6.35. The summed E-state index contributed by atoms with van der Waals surface area (Å²) in [5.74, 6) is 1.33. The number of pyridine rings is 1. The van der Waals surface area contributed by atoms with Crippen molar-refractivity contribution in [1.82, 2.24) is 4.98 Å². The molecule has 0 radical (unpaired) electrons. The molecule has 17 heavy (non-hydrogen) atoms. The molecule has 4 heteroatoms. The van der Waals surface area contributed by atoms with Crippen LogP contribution in [0.2, 0.25) is 0 Å². The maximum absolute atomic E-state index is 9.94. The summed E-state index contributed by atoms with van der Waals surface area (Å²) in [4.78, 5) is 6.58. The molecule has 0 amide bonds. The molecule has 94 valence electrons. The standard InChI is InChI=1S/C13H21N3O/c1-2-3-10-9-16(7-6-12(10)17)13-5-4-11(14)8-15-13/h4-5,8,10,12,17H,2-3,6-7,9,14H2,1H3/t10-,12-/m1/s1. The number of piperidine rings is 1. The predicted molar refractivity (Wildman–Crippen MR) is 69.9 cm³/mol. The highest BCUT2D eigenvalue weighted by molar-refractivity contribution is 5.46. The van der Waals surface area contributed by atoms with Crippen LogP contribution in [0.25, 0.3) is 0 Å². The molecular formula is C13H21N3O. The number of aromatic nitrogens is 1. The smallest absolute Gasteiger partial charge is 0.128 e. The van der Waals surface area contributed by atoms with E-state index in [1.54, 1.807) is 6.20 Å². The lowest BCUT2D eigenvalue weighted by Gasteiger charge is -2.36. The molecule has 0 aliphatic carbocycles. The minimum Gasteiger partial charge on any atom is -0.397 e. The van der Waals surface area contributed by atoms with E-state index in [4.69, 9.17) is 5.73 Å². The fourth-order valence-electron chi connectivity index (χ4n) is 2.47. The third-order valence-electron chi connectivity index (χ3n) is 3.45. The number of nitrogens with zero attached hydrogens (tertiary/aromatic N) is 2. The molecule has 1 aliphatic heterocycles. The highest BCUT2D eigenvalue weighted by Crippen LogP contribution is 2.25. The van der Waals surface area contributed by atoms with E-state index >= 15 is 0 Å². The Bertz CT molecular complexity index is 352. The lowest BCUT2D eigenvalue weighted by atomic mass is 9.91. The number of aliphatic hydroxyl groups excluding tert-OH is 1. The van der Waals surface area contributed by atoms with E-state index in [0.717, 1.165) is 38.2 Å². The monoisotopic (exact) mass is 235 g/mol. The third-order valence-corrected chi connectivity index (χ3v) is 3.45. The van der Waals surface area contributed by atoms with Crippen LogP contribution in [0.1, 0.15) is 26.2 Å². The van der Waals surface area contributed by atoms with Crippen LogP contribution in [0.4, 0.5) is 11.5 Å². The molecule has 0 spiro atoms. The van der Waals surface area contributed by atoms with E-state index in [2.05, 4.69) is 16.8 Å². The normalized spacial score (nSPS) is 24.9. The molecule has 1 aliphatic rings.